The molecule has 1 heterocycles. The summed E-state index contributed by atoms with van der Waals surface area (Å²) in [7, 11) is 1.34. The molecule has 29 heavy (non-hydrogen) atoms. The molecule has 0 bridgehead atoms. The zero-order chi connectivity index (χ0) is 20.3. The largest absolute Gasteiger partial charge is 0.486 e. The van der Waals surface area contributed by atoms with E-state index in [4.69, 9.17) is 13.9 Å². The summed E-state index contributed by atoms with van der Waals surface area (Å²) in [5.41, 5.74) is -0.958. The lowest BCUT2D eigenvalue weighted by Gasteiger charge is -2.26. The van der Waals surface area contributed by atoms with Gasteiger partial charge in [0, 0.05) is 0 Å². The summed E-state index contributed by atoms with van der Waals surface area (Å²) < 4.78 is 16.3. The summed E-state index contributed by atoms with van der Waals surface area (Å²) in [4.78, 5) is 24.8. The van der Waals surface area contributed by atoms with Crippen molar-refractivity contribution in [2.45, 2.75) is 37.8 Å². The Morgan fingerprint density at radius 3 is 2.55 bits per heavy atom. The van der Waals surface area contributed by atoms with Gasteiger partial charge in [0.1, 0.15) is 23.7 Å². The van der Waals surface area contributed by atoms with Gasteiger partial charge in [-0.1, -0.05) is 43.2 Å². The molecule has 1 fully saturated rings. The first-order valence-corrected chi connectivity index (χ1v) is 9.71. The molecule has 0 saturated heterocycles. The quantitative estimate of drug-likeness (QED) is 0.634. The number of furan rings is 1. The van der Waals surface area contributed by atoms with E-state index in [9.17, 15) is 9.59 Å². The predicted octanol–water partition coefficient (Wildman–Crippen LogP) is 4.23. The number of carbonyl (C=O) groups is 2. The molecular weight excluding hydrogens is 370 g/mol. The maximum Gasteiger partial charge on any atom is 0.331 e. The van der Waals surface area contributed by atoms with Gasteiger partial charge in [-0.15, -0.1) is 0 Å². The van der Waals surface area contributed by atoms with Gasteiger partial charge in [0.2, 0.25) is 0 Å². The lowest BCUT2D eigenvalue weighted by molar-refractivity contribution is -0.148. The molecule has 1 saturated carbocycles. The normalized spacial score (nSPS) is 15.2. The van der Waals surface area contributed by atoms with Crippen LogP contribution in [0.25, 0.3) is 10.8 Å². The van der Waals surface area contributed by atoms with Crippen LogP contribution in [0, 0.1) is 0 Å². The van der Waals surface area contributed by atoms with Crippen LogP contribution in [0.1, 0.15) is 42.0 Å². The fourth-order valence-corrected chi connectivity index (χ4v) is 3.82. The molecule has 0 spiro atoms. The Morgan fingerprint density at radius 2 is 1.79 bits per heavy atom. The highest BCUT2D eigenvalue weighted by Crippen LogP contribution is 2.31. The lowest BCUT2D eigenvalue weighted by Crippen LogP contribution is -2.53. The highest BCUT2D eigenvalue weighted by atomic mass is 16.5. The average molecular weight is 393 g/mol. The van der Waals surface area contributed by atoms with Gasteiger partial charge >= 0.3 is 5.97 Å². The molecule has 1 aromatic heterocycles. The smallest absolute Gasteiger partial charge is 0.331 e. The molecule has 1 N–H and O–H groups in total. The topological polar surface area (TPSA) is 77.8 Å². The second-order valence-corrected chi connectivity index (χ2v) is 7.30. The Bertz CT molecular complexity index is 1030. The minimum atomic E-state index is -0.958. The molecule has 0 radical (unpaired) electrons. The third kappa shape index (κ3) is 3.97. The van der Waals surface area contributed by atoms with Crippen LogP contribution < -0.4 is 10.1 Å². The Morgan fingerprint density at radius 1 is 1.03 bits per heavy atom. The second kappa shape index (κ2) is 7.99. The molecule has 0 atom stereocenters. The zero-order valence-corrected chi connectivity index (χ0v) is 16.3. The van der Waals surface area contributed by atoms with Crippen molar-refractivity contribution >= 4 is 22.6 Å². The summed E-state index contributed by atoms with van der Waals surface area (Å²) >= 11 is 0. The Balaban J connectivity index is 1.41. The third-order valence-electron chi connectivity index (χ3n) is 5.37. The minimum absolute atomic E-state index is 0.150. The number of nitrogens with one attached hydrogen (secondary N) is 1. The molecular formula is C23H23NO5. The number of rotatable bonds is 6. The summed E-state index contributed by atoms with van der Waals surface area (Å²) in [6.07, 6.45) is 2.89. The molecule has 3 aromatic rings. The van der Waals surface area contributed by atoms with Crippen molar-refractivity contribution in [2.24, 2.45) is 0 Å². The monoisotopic (exact) mass is 393 g/mol. The van der Waals surface area contributed by atoms with Gasteiger partial charge in [0.15, 0.2) is 5.76 Å². The Labute approximate surface area is 168 Å². The average Bonchev–Trinajstić information content (AvgIpc) is 3.42. The molecule has 6 heteroatoms. The number of methoxy groups -OCH3 is 1. The number of carbonyl (C=O) groups excluding carboxylic acids is 2. The molecule has 6 nitrogen and oxygen atoms in total. The van der Waals surface area contributed by atoms with Crippen LogP contribution in [0.4, 0.5) is 0 Å². The van der Waals surface area contributed by atoms with Crippen LogP contribution in [-0.4, -0.2) is 24.5 Å². The standard InChI is InChI=1S/C23H23NO5/c1-27-22(26)23(12-4-5-13-23)24-21(25)20-11-10-19(29-20)15-28-18-9-8-16-6-2-3-7-17(16)14-18/h2-3,6-11,14H,4-5,12-13,15H2,1H3,(H,24,25). The van der Waals surface area contributed by atoms with Gasteiger partial charge in [-0.25, -0.2) is 4.79 Å². The first-order chi connectivity index (χ1) is 14.1. The van der Waals surface area contributed by atoms with E-state index < -0.39 is 17.4 Å². The molecule has 4 rings (SSSR count). The van der Waals surface area contributed by atoms with E-state index in [1.807, 2.05) is 42.5 Å². The van der Waals surface area contributed by atoms with Crippen LogP contribution >= 0.6 is 0 Å². The van der Waals surface area contributed by atoms with Gasteiger partial charge in [-0.05, 0) is 47.9 Å². The number of hydrogen-bond donors (Lipinski definition) is 1. The summed E-state index contributed by atoms with van der Waals surface area (Å²) in [5.74, 6) is 0.574. The van der Waals surface area contributed by atoms with Gasteiger partial charge in [0.05, 0.1) is 7.11 Å². The van der Waals surface area contributed by atoms with E-state index in [1.165, 1.54) is 7.11 Å². The summed E-state index contributed by atoms with van der Waals surface area (Å²) in [6, 6.07) is 17.2. The SMILES string of the molecule is COC(=O)C1(NC(=O)c2ccc(COc3ccc4ccccc4c3)o2)CCCC1. The highest BCUT2D eigenvalue weighted by Gasteiger charge is 2.44. The minimum Gasteiger partial charge on any atom is -0.486 e. The molecule has 1 amide bonds. The maximum absolute atomic E-state index is 12.6. The second-order valence-electron chi connectivity index (χ2n) is 7.30. The third-order valence-corrected chi connectivity index (χ3v) is 5.37. The molecule has 1 aliphatic rings. The summed E-state index contributed by atoms with van der Waals surface area (Å²) in [6.45, 7) is 0.202. The van der Waals surface area contributed by atoms with Crippen LogP contribution in [-0.2, 0) is 16.1 Å². The Kier molecular flexibility index (Phi) is 5.25. The first kappa shape index (κ1) is 19.1. The first-order valence-electron chi connectivity index (χ1n) is 9.71. The van der Waals surface area contributed by atoms with Crippen molar-refractivity contribution in [1.82, 2.24) is 5.32 Å². The van der Waals surface area contributed by atoms with Crippen molar-refractivity contribution in [3.63, 3.8) is 0 Å². The fourth-order valence-electron chi connectivity index (χ4n) is 3.82. The van der Waals surface area contributed by atoms with Crippen molar-refractivity contribution in [2.75, 3.05) is 7.11 Å². The number of esters is 1. The van der Waals surface area contributed by atoms with Crippen molar-refractivity contribution in [3.8, 4) is 5.75 Å². The predicted molar refractivity (Wildman–Crippen MR) is 108 cm³/mol. The van der Waals surface area contributed by atoms with E-state index in [0.717, 1.165) is 29.4 Å². The molecule has 2 aromatic carbocycles. The molecule has 150 valence electrons. The van der Waals surface area contributed by atoms with Crippen LogP contribution in [0.15, 0.2) is 59.0 Å². The van der Waals surface area contributed by atoms with Gasteiger partial charge in [-0.2, -0.15) is 0 Å². The number of amides is 1. The van der Waals surface area contributed by atoms with Crippen molar-refractivity contribution in [1.29, 1.82) is 0 Å². The lowest BCUT2D eigenvalue weighted by atomic mass is 9.97. The van der Waals surface area contributed by atoms with Gasteiger partial charge in [0.25, 0.3) is 5.91 Å². The number of ether oxygens (including phenoxy) is 2. The number of fused-ring (bicyclic) bond motifs is 1. The molecule has 1 aliphatic carbocycles. The van der Waals surface area contributed by atoms with E-state index in [0.29, 0.717) is 18.6 Å². The number of hydrogen-bond acceptors (Lipinski definition) is 5. The van der Waals surface area contributed by atoms with Crippen LogP contribution in [0.3, 0.4) is 0 Å². The van der Waals surface area contributed by atoms with Crippen molar-refractivity contribution in [3.05, 3.63) is 66.1 Å². The van der Waals surface area contributed by atoms with E-state index in [2.05, 4.69) is 5.32 Å². The van der Waals surface area contributed by atoms with Gasteiger partial charge in [-0.3, -0.25) is 4.79 Å². The highest BCUT2D eigenvalue weighted by molar-refractivity contribution is 5.96. The Hall–Kier alpha value is -3.28. The number of benzene rings is 2. The maximum atomic E-state index is 12.6. The van der Waals surface area contributed by atoms with E-state index in [-0.39, 0.29) is 12.4 Å². The van der Waals surface area contributed by atoms with Crippen LogP contribution in [0.2, 0.25) is 0 Å². The zero-order valence-electron chi connectivity index (χ0n) is 16.3. The molecule has 0 unspecified atom stereocenters. The fraction of sp³-hybridized carbons (Fsp3) is 0.304. The van der Waals surface area contributed by atoms with Gasteiger partial charge < -0.3 is 19.2 Å². The molecule has 0 aliphatic heterocycles. The van der Waals surface area contributed by atoms with Crippen molar-refractivity contribution < 1.29 is 23.5 Å². The van der Waals surface area contributed by atoms with Crippen LogP contribution in [0.5, 0.6) is 5.75 Å². The van der Waals surface area contributed by atoms with E-state index >= 15 is 0 Å². The van der Waals surface area contributed by atoms with E-state index in [1.54, 1.807) is 12.1 Å². The summed E-state index contributed by atoms with van der Waals surface area (Å²) in [5, 5.41) is 5.05.